The van der Waals surface area contributed by atoms with Crippen molar-refractivity contribution in [2.45, 2.75) is 19.6 Å². The number of benzene rings is 4. The van der Waals surface area contributed by atoms with Crippen LogP contribution in [0.1, 0.15) is 0 Å². The van der Waals surface area contributed by atoms with Crippen molar-refractivity contribution in [1.82, 2.24) is 0 Å². The third-order valence-electron chi connectivity index (χ3n) is 3.97. The van der Waals surface area contributed by atoms with Gasteiger partial charge in [-0.05, 0) is 48.5 Å². The number of hydrogen-bond donors (Lipinski definition) is 0. The lowest BCUT2D eigenvalue weighted by Crippen LogP contribution is -2.06. The van der Waals surface area contributed by atoms with Crippen LogP contribution in [0.2, 0.25) is 0 Å². The van der Waals surface area contributed by atoms with Gasteiger partial charge in [0, 0.05) is 0 Å². The highest BCUT2D eigenvalue weighted by Crippen LogP contribution is 2.44. The minimum absolute atomic E-state index is 0.0533. The Morgan fingerprint density at radius 1 is 0.333 bits per heavy atom. The SMILES string of the molecule is c1ccc([S+](S[S+](c2ccccc2)c2ccccc2)c2ccccc2)cc1. The summed E-state index contributed by atoms with van der Waals surface area (Å²) in [6.07, 6.45) is 0. The summed E-state index contributed by atoms with van der Waals surface area (Å²) in [7, 11) is 1.95. The van der Waals surface area contributed by atoms with Crippen LogP contribution < -0.4 is 0 Å². The maximum Gasteiger partial charge on any atom is 0.369 e. The minimum Gasteiger partial charge on any atom is -0.0619 e. The lowest BCUT2D eigenvalue weighted by Gasteiger charge is -2.07. The Morgan fingerprint density at radius 2 is 0.556 bits per heavy atom. The maximum atomic E-state index is 2.25. The first kappa shape index (κ1) is 18.3. The average molecular weight is 405 g/mol. The molecule has 4 aromatic carbocycles. The summed E-state index contributed by atoms with van der Waals surface area (Å²) in [4.78, 5) is 5.49. The van der Waals surface area contributed by atoms with Crippen molar-refractivity contribution < 1.29 is 0 Å². The zero-order valence-corrected chi connectivity index (χ0v) is 17.2. The van der Waals surface area contributed by atoms with Crippen molar-refractivity contribution in [1.29, 1.82) is 0 Å². The molecule has 0 fully saturated rings. The summed E-state index contributed by atoms with van der Waals surface area (Å²) in [5.41, 5.74) is 0. The molecule has 4 rings (SSSR count). The summed E-state index contributed by atoms with van der Waals surface area (Å²) in [5.74, 6) is 0. The second-order valence-corrected chi connectivity index (χ2v) is 12.6. The number of rotatable bonds is 6. The first-order valence-electron chi connectivity index (χ1n) is 8.79. The summed E-state index contributed by atoms with van der Waals surface area (Å²) >= 11 is 0. The van der Waals surface area contributed by atoms with E-state index in [1.54, 1.807) is 0 Å². The van der Waals surface area contributed by atoms with E-state index >= 15 is 0 Å². The fourth-order valence-electron chi connectivity index (χ4n) is 2.67. The van der Waals surface area contributed by atoms with Gasteiger partial charge in [0.25, 0.3) is 0 Å². The Labute approximate surface area is 170 Å². The lowest BCUT2D eigenvalue weighted by atomic mass is 10.4. The molecule has 0 atom stereocenters. The van der Waals surface area contributed by atoms with E-state index < -0.39 is 0 Å². The summed E-state index contributed by atoms with van der Waals surface area (Å²) in [5, 5.41) is 0. The van der Waals surface area contributed by atoms with Gasteiger partial charge in [0.2, 0.25) is 0 Å². The van der Waals surface area contributed by atoms with E-state index in [0.717, 1.165) is 0 Å². The first-order chi connectivity index (χ1) is 13.4. The topological polar surface area (TPSA) is 0 Å². The highest BCUT2D eigenvalue weighted by Gasteiger charge is 2.43. The second kappa shape index (κ2) is 9.23. The fraction of sp³-hybridized carbons (Fsp3) is 0. The van der Waals surface area contributed by atoms with E-state index in [0.29, 0.717) is 0 Å². The van der Waals surface area contributed by atoms with Crippen LogP contribution in [0.3, 0.4) is 0 Å². The molecule has 0 spiro atoms. The molecule has 132 valence electrons. The molecule has 0 radical (unpaired) electrons. The van der Waals surface area contributed by atoms with Crippen molar-refractivity contribution in [3.63, 3.8) is 0 Å². The Hall–Kier alpha value is -2.07. The van der Waals surface area contributed by atoms with Crippen LogP contribution in [0, 0.1) is 0 Å². The Kier molecular flexibility index (Phi) is 6.25. The summed E-state index contributed by atoms with van der Waals surface area (Å²) in [6.45, 7) is 0. The highest BCUT2D eigenvalue weighted by molar-refractivity contribution is 9.06. The zero-order chi connectivity index (χ0) is 18.3. The van der Waals surface area contributed by atoms with E-state index in [1.807, 2.05) is 0 Å². The van der Waals surface area contributed by atoms with Gasteiger partial charge >= 0.3 is 9.83 Å². The third kappa shape index (κ3) is 4.62. The van der Waals surface area contributed by atoms with Gasteiger partial charge in [0.15, 0.2) is 39.4 Å². The standard InChI is InChI=1S/C24H20S3/c1-5-13-21(14-6-1)26(22-15-7-2-8-16-22)25-27(23-17-9-3-10-18-23)24-19-11-4-12-20-24/h1-20H/q+2. The van der Waals surface area contributed by atoms with E-state index in [4.69, 9.17) is 0 Å². The van der Waals surface area contributed by atoms with Crippen molar-refractivity contribution in [3.8, 4) is 0 Å². The van der Waals surface area contributed by atoms with Gasteiger partial charge in [-0.3, -0.25) is 0 Å². The predicted molar refractivity (Wildman–Crippen MR) is 121 cm³/mol. The largest absolute Gasteiger partial charge is 0.369 e. The molecule has 0 heterocycles. The normalized spacial score (nSPS) is 11.0. The molecule has 0 aliphatic rings. The quantitative estimate of drug-likeness (QED) is 0.246. The molecule has 27 heavy (non-hydrogen) atoms. The molecule has 0 saturated carbocycles. The van der Waals surface area contributed by atoms with Crippen LogP contribution in [0.4, 0.5) is 0 Å². The van der Waals surface area contributed by atoms with Crippen LogP contribution in [-0.4, -0.2) is 0 Å². The van der Waals surface area contributed by atoms with Crippen molar-refractivity contribution in [3.05, 3.63) is 121 Å². The predicted octanol–water partition coefficient (Wildman–Crippen LogP) is 7.02. The molecular formula is C24H20S3+2. The van der Waals surface area contributed by atoms with Crippen LogP contribution in [-0.2, 0) is 19.9 Å². The van der Waals surface area contributed by atoms with E-state index in [1.165, 1.54) is 19.6 Å². The molecule has 0 aliphatic carbocycles. The average Bonchev–Trinajstić information content (AvgIpc) is 2.77. The van der Waals surface area contributed by atoms with Gasteiger partial charge in [-0.15, -0.1) is 0 Å². The fourth-order valence-corrected chi connectivity index (χ4v) is 12.0. The van der Waals surface area contributed by atoms with Gasteiger partial charge in [0.05, 0.1) is 0 Å². The van der Waals surface area contributed by atoms with Gasteiger partial charge in [0.1, 0.15) is 0 Å². The molecule has 0 aliphatic heterocycles. The monoisotopic (exact) mass is 404 g/mol. The maximum absolute atomic E-state index is 2.25. The van der Waals surface area contributed by atoms with Gasteiger partial charge in [-0.1, -0.05) is 72.8 Å². The van der Waals surface area contributed by atoms with Crippen molar-refractivity contribution >= 4 is 29.7 Å². The molecule has 0 unspecified atom stereocenters. The molecule has 0 N–H and O–H groups in total. The Balaban J connectivity index is 1.77. The van der Waals surface area contributed by atoms with E-state index in [9.17, 15) is 0 Å². The molecule has 0 bridgehead atoms. The highest BCUT2D eigenvalue weighted by atomic mass is 33.5. The minimum atomic E-state index is -0.0533. The molecule has 4 aromatic rings. The molecule has 0 amide bonds. The van der Waals surface area contributed by atoms with Crippen molar-refractivity contribution in [2.24, 2.45) is 0 Å². The summed E-state index contributed by atoms with van der Waals surface area (Å²) < 4.78 is 0. The van der Waals surface area contributed by atoms with Crippen LogP contribution in [0.25, 0.3) is 0 Å². The van der Waals surface area contributed by atoms with E-state index in [2.05, 4.69) is 131 Å². The van der Waals surface area contributed by atoms with Gasteiger partial charge < -0.3 is 0 Å². The first-order valence-corrected chi connectivity index (χ1v) is 13.1. The lowest BCUT2D eigenvalue weighted by molar-refractivity contribution is 1.39. The molecular weight excluding hydrogens is 384 g/mol. The third-order valence-corrected chi connectivity index (χ3v) is 12.6. The zero-order valence-electron chi connectivity index (χ0n) is 14.8. The molecule has 3 heteroatoms. The smallest absolute Gasteiger partial charge is 0.0619 e. The van der Waals surface area contributed by atoms with Crippen LogP contribution >= 0.6 is 9.83 Å². The summed E-state index contributed by atoms with van der Waals surface area (Å²) in [6, 6.07) is 43.5. The molecule has 0 nitrogen and oxygen atoms in total. The Bertz CT molecular complexity index is 782. The van der Waals surface area contributed by atoms with Crippen molar-refractivity contribution in [2.75, 3.05) is 0 Å². The number of hydrogen-bond acceptors (Lipinski definition) is 1. The molecule has 0 aromatic heterocycles. The van der Waals surface area contributed by atoms with Crippen LogP contribution in [0.15, 0.2) is 141 Å². The second-order valence-electron chi connectivity index (χ2n) is 5.86. The van der Waals surface area contributed by atoms with Gasteiger partial charge in [-0.2, -0.15) is 0 Å². The van der Waals surface area contributed by atoms with Gasteiger partial charge in [-0.25, -0.2) is 0 Å². The van der Waals surface area contributed by atoms with E-state index in [-0.39, 0.29) is 19.9 Å². The Morgan fingerprint density at radius 3 is 0.778 bits per heavy atom. The molecule has 0 saturated heterocycles. The van der Waals surface area contributed by atoms with Crippen LogP contribution in [0.5, 0.6) is 0 Å².